The van der Waals surface area contributed by atoms with E-state index in [2.05, 4.69) is 10.6 Å². The van der Waals surface area contributed by atoms with Crippen LogP contribution < -0.4 is 10.6 Å². The van der Waals surface area contributed by atoms with Crippen LogP contribution in [0.2, 0.25) is 0 Å². The lowest BCUT2D eigenvalue weighted by molar-refractivity contribution is -0.384. The number of nitro groups is 1. The number of Topliss-reactive ketones (excluding diaryl/α,β-unsaturated/α-hetero) is 1. The number of esters is 1. The Morgan fingerprint density at radius 1 is 1.14 bits per heavy atom. The quantitative estimate of drug-likeness (QED) is 0.324. The zero-order chi connectivity index (χ0) is 20.8. The largest absolute Gasteiger partial charge is 0.449 e. The van der Waals surface area contributed by atoms with Crippen molar-refractivity contribution in [2.75, 3.05) is 17.7 Å². The van der Waals surface area contributed by atoms with Crippen LogP contribution >= 0.6 is 0 Å². The normalized spacial score (nSPS) is 11.2. The third-order valence-electron chi connectivity index (χ3n) is 3.89. The summed E-state index contributed by atoms with van der Waals surface area (Å²) < 4.78 is 5.14. The lowest BCUT2D eigenvalue weighted by atomic mass is 10.1. The molecule has 0 radical (unpaired) electrons. The molecule has 0 bridgehead atoms. The van der Waals surface area contributed by atoms with Crippen molar-refractivity contribution in [3.05, 3.63) is 63.7 Å². The maximum absolute atomic E-state index is 12.4. The van der Waals surface area contributed by atoms with Gasteiger partial charge in [0.15, 0.2) is 11.9 Å². The van der Waals surface area contributed by atoms with Gasteiger partial charge in [-0.2, -0.15) is 0 Å². The molecule has 0 aliphatic heterocycles. The van der Waals surface area contributed by atoms with Crippen LogP contribution in [-0.2, 0) is 9.53 Å². The summed E-state index contributed by atoms with van der Waals surface area (Å²) >= 11 is 0. The van der Waals surface area contributed by atoms with E-state index >= 15 is 0 Å². The number of nitrogens with zero attached hydrogens (tertiary/aromatic N) is 1. The van der Waals surface area contributed by atoms with Crippen molar-refractivity contribution in [1.82, 2.24) is 0 Å². The number of ether oxygens (including phenoxy) is 1. The lowest BCUT2D eigenvalue weighted by Gasteiger charge is -2.15. The zero-order valence-electron chi connectivity index (χ0n) is 15.5. The maximum atomic E-state index is 12.4. The molecule has 0 unspecified atom stereocenters. The van der Waals surface area contributed by atoms with Crippen LogP contribution in [0.1, 0.15) is 34.6 Å². The minimum Gasteiger partial charge on any atom is -0.449 e. The molecule has 0 aliphatic rings. The minimum absolute atomic E-state index is 0.0603. The second-order valence-corrected chi connectivity index (χ2v) is 5.91. The maximum Gasteiger partial charge on any atom is 0.341 e. The molecule has 2 aromatic carbocycles. The third-order valence-corrected chi connectivity index (χ3v) is 3.89. The van der Waals surface area contributed by atoms with E-state index in [9.17, 15) is 24.5 Å². The number of carbonyl (C=O) groups excluding carboxylic acids is 3. The Morgan fingerprint density at radius 3 is 2.46 bits per heavy atom. The second kappa shape index (κ2) is 8.76. The lowest BCUT2D eigenvalue weighted by Crippen LogP contribution is -2.30. The van der Waals surface area contributed by atoms with Gasteiger partial charge in [0.1, 0.15) is 0 Å². The first-order chi connectivity index (χ1) is 13.2. The van der Waals surface area contributed by atoms with Crippen molar-refractivity contribution >= 4 is 34.7 Å². The van der Waals surface area contributed by atoms with E-state index in [1.54, 1.807) is 25.2 Å². The number of carbonyl (C=O) groups is 3. The van der Waals surface area contributed by atoms with E-state index in [0.29, 0.717) is 16.9 Å². The summed E-state index contributed by atoms with van der Waals surface area (Å²) in [5.74, 6) is -1.64. The molecule has 2 rings (SSSR count). The molecule has 9 heteroatoms. The topological polar surface area (TPSA) is 128 Å². The number of nitro benzene ring substituents is 1. The number of benzene rings is 2. The zero-order valence-corrected chi connectivity index (χ0v) is 15.5. The van der Waals surface area contributed by atoms with Crippen molar-refractivity contribution in [3.8, 4) is 0 Å². The first-order valence-corrected chi connectivity index (χ1v) is 8.32. The highest BCUT2D eigenvalue weighted by atomic mass is 16.6. The Labute approximate surface area is 160 Å². The van der Waals surface area contributed by atoms with Crippen molar-refractivity contribution < 1.29 is 24.0 Å². The summed E-state index contributed by atoms with van der Waals surface area (Å²) in [5.41, 5.74) is 0.806. The molecule has 9 nitrogen and oxygen atoms in total. The Kier molecular flexibility index (Phi) is 6.43. The highest BCUT2D eigenvalue weighted by molar-refractivity contribution is 6.01. The Bertz CT molecular complexity index is 941. The molecule has 2 aromatic rings. The van der Waals surface area contributed by atoms with Gasteiger partial charge in [-0.1, -0.05) is 12.1 Å². The SMILES string of the molecule is CNc1ccc([N+](=O)[O-])cc1C(=O)O[C@H](C)C(=O)Nc1cccc(C(C)=O)c1. The first-order valence-electron chi connectivity index (χ1n) is 8.32. The fourth-order valence-corrected chi connectivity index (χ4v) is 2.37. The van der Waals surface area contributed by atoms with E-state index in [1.807, 2.05) is 0 Å². The Balaban J connectivity index is 2.12. The van der Waals surface area contributed by atoms with Gasteiger partial charge in [-0.3, -0.25) is 19.7 Å². The molecule has 2 N–H and O–H groups in total. The fourth-order valence-electron chi connectivity index (χ4n) is 2.37. The van der Waals surface area contributed by atoms with Gasteiger partial charge in [-0.15, -0.1) is 0 Å². The second-order valence-electron chi connectivity index (χ2n) is 5.91. The van der Waals surface area contributed by atoms with Crippen LogP contribution in [0.3, 0.4) is 0 Å². The van der Waals surface area contributed by atoms with Crippen LogP contribution in [0.15, 0.2) is 42.5 Å². The van der Waals surface area contributed by atoms with Gasteiger partial charge in [0, 0.05) is 36.1 Å². The van der Waals surface area contributed by atoms with Crippen LogP contribution in [0.4, 0.5) is 17.1 Å². The van der Waals surface area contributed by atoms with Crippen molar-refractivity contribution in [1.29, 1.82) is 0 Å². The van der Waals surface area contributed by atoms with E-state index in [4.69, 9.17) is 4.74 Å². The summed E-state index contributed by atoms with van der Waals surface area (Å²) in [7, 11) is 1.55. The van der Waals surface area contributed by atoms with Gasteiger partial charge >= 0.3 is 5.97 Å². The molecular formula is C19H19N3O6. The average Bonchev–Trinajstić information content (AvgIpc) is 2.67. The van der Waals surface area contributed by atoms with Crippen LogP contribution in [0, 0.1) is 10.1 Å². The van der Waals surface area contributed by atoms with E-state index in [1.165, 1.54) is 32.0 Å². The standard InChI is InChI=1S/C19H19N3O6/c1-11(23)13-5-4-6-14(9-13)21-18(24)12(2)28-19(25)16-10-15(22(26)27)7-8-17(16)20-3/h4-10,12,20H,1-3H3,(H,21,24)/t12-/m1/s1. The predicted octanol–water partition coefficient (Wildman–Crippen LogP) is 3.02. The molecule has 1 amide bonds. The molecule has 0 fully saturated rings. The van der Waals surface area contributed by atoms with Crippen molar-refractivity contribution in [3.63, 3.8) is 0 Å². The van der Waals surface area contributed by atoms with Crippen LogP contribution in [0.5, 0.6) is 0 Å². The predicted molar refractivity (Wildman–Crippen MR) is 103 cm³/mol. The number of rotatable bonds is 7. The molecule has 0 aliphatic carbocycles. The number of hydrogen-bond acceptors (Lipinski definition) is 7. The number of ketones is 1. The molecule has 0 spiro atoms. The van der Waals surface area contributed by atoms with Gasteiger partial charge in [-0.05, 0) is 32.0 Å². The van der Waals surface area contributed by atoms with Gasteiger partial charge < -0.3 is 15.4 Å². The molecule has 28 heavy (non-hydrogen) atoms. The van der Waals surface area contributed by atoms with Gasteiger partial charge in [-0.25, -0.2) is 4.79 Å². The fraction of sp³-hybridized carbons (Fsp3) is 0.211. The van der Waals surface area contributed by atoms with Gasteiger partial charge in [0.2, 0.25) is 0 Å². The highest BCUT2D eigenvalue weighted by Gasteiger charge is 2.23. The Hall–Kier alpha value is -3.75. The number of anilines is 2. The molecule has 0 aromatic heterocycles. The summed E-state index contributed by atoms with van der Waals surface area (Å²) in [6.07, 6.45) is -1.17. The van der Waals surface area contributed by atoms with Crippen LogP contribution in [0.25, 0.3) is 0 Å². The molecule has 0 saturated carbocycles. The van der Waals surface area contributed by atoms with Crippen LogP contribution in [-0.4, -0.2) is 35.7 Å². The molecule has 0 saturated heterocycles. The number of nitrogens with one attached hydrogen (secondary N) is 2. The summed E-state index contributed by atoms with van der Waals surface area (Å²) in [5, 5.41) is 16.2. The van der Waals surface area contributed by atoms with Crippen molar-refractivity contribution in [2.45, 2.75) is 20.0 Å². The Morgan fingerprint density at radius 2 is 1.86 bits per heavy atom. The van der Waals surface area contributed by atoms with E-state index in [-0.39, 0.29) is 17.0 Å². The number of amides is 1. The molecule has 146 valence electrons. The van der Waals surface area contributed by atoms with Crippen molar-refractivity contribution in [2.24, 2.45) is 0 Å². The van der Waals surface area contributed by atoms with E-state index < -0.39 is 22.9 Å². The summed E-state index contributed by atoms with van der Waals surface area (Å²) in [6.45, 7) is 2.78. The first kappa shape index (κ1) is 20.6. The number of hydrogen-bond donors (Lipinski definition) is 2. The molecular weight excluding hydrogens is 366 g/mol. The number of non-ortho nitro benzene ring substituents is 1. The van der Waals surface area contributed by atoms with E-state index in [0.717, 1.165) is 6.07 Å². The molecule has 1 atom stereocenters. The third kappa shape index (κ3) is 4.91. The van der Waals surface area contributed by atoms with Gasteiger partial charge in [0.25, 0.3) is 11.6 Å². The minimum atomic E-state index is -1.17. The molecule has 0 heterocycles. The van der Waals surface area contributed by atoms with Gasteiger partial charge in [0.05, 0.1) is 10.5 Å². The highest BCUT2D eigenvalue weighted by Crippen LogP contribution is 2.23. The summed E-state index contributed by atoms with van der Waals surface area (Å²) in [6, 6.07) is 10.0. The monoisotopic (exact) mass is 385 g/mol. The smallest absolute Gasteiger partial charge is 0.341 e. The average molecular weight is 385 g/mol. The summed E-state index contributed by atoms with van der Waals surface area (Å²) in [4.78, 5) is 46.4.